The number of para-hydroxylation sites is 1. The summed E-state index contributed by atoms with van der Waals surface area (Å²) in [6.07, 6.45) is 8.98. The molecule has 0 radical (unpaired) electrons. The molecule has 5 heteroatoms. The molecule has 1 aromatic rings. The molecule has 130 valence electrons. The van der Waals surface area contributed by atoms with Gasteiger partial charge in [-0.1, -0.05) is 79.9 Å². The zero-order valence-electron chi connectivity index (χ0n) is 13.5. The number of hydrogen-bond donors (Lipinski definition) is 1. The maximum Gasteiger partial charge on any atom is 0.340 e. The van der Waals surface area contributed by atoms with Crippen molar-refractivity contribution in [2.45, 2.75) is 62.1 Å². The van der Waals surface area contributed by atoms with E-state index in [1.54, 1.807) is 0 Å². The van der Waals surface area contributed by atoms with Crippen molar-refractivity contribution < 1.29 is 14.6 Å². The van der Waals surface area contributed by atoms with Gasteiger partial charge in [0.25, 0.3) is 0 Å². The molecule has 0 atom stereocenters. The number of unbranched alkanes of at least 4 members (excludes halogenated alkanes) is 7. The number of alkyl halides is 2. The van der Waals surface area contributed by atoms with Crippen LogP contribution in [0.25, 0.3) is 0 Å². The summed E-state index contributed by atoms with van der Waals surface area (Å²) < 4.78 is 4.02. The molecule has 0 amide bonds. The van der Waals surface area contributed by atoms with Gasteiger partial charge in [-0.05, 0) is 31.4 Å². The van der Waals surface area contributed by atoms with Gasteiger partial charge in [-0.15, -0.1) is 0 Å². The summed E-state index contributed by atoms with van der Waals surface area (Å²) in [5.74, 6) is -0.220. The number of ether oxygens (including phenoxy) is 1. The Morgan fingerprint density at radius 1 is 0.913 bits per heavy atom. The summed E-state index contributed by atoms with van der Waals surface area (Å²) in [6.45, 7) is 0.771. The lowest BCUT2D eigenvalue weighted by Gasteiger charge is -2.13. The van der Waals surface area contributed by atoms with Crippen LogP contribution >= 0.6 is 23.2 Å². The van der Waals surface area contributed by atoms with Gasteiger partial charge in [-0.25, -0.2) is 4.79 Å². The van der Waals surface area contributed by atoms with Crippen LogP contribution in [0.1, 0.15) is 57.8 Å². The largest absolute Gasteiger partial charge is 0.494 e. The molecule has 1 aromatic carbocycles. The summed E-state index contributed by atoms with van der Waals surface area (Å²) >= 11 is 11.4. The molecule has 1 N–H and O–H groups in total. The Morgan fingerprint density at radius 3 is 2.00 bits per heavy atom. The molecule has 0 aliphatic heterocycles. The number of carboxylic acids is 1. The van der Waals surface area contributed by atoms with Crippen LogP contribution in [0.2, 0.25) is 0 Å². The summed E-state index contributed by atoms with van der Waals surface area (Å²) in [5, 5.41) is 8.78. The second-order valence-electron chi connectivity index (χ2n) is 5.75. The third kappa shape index (κ3) is 9.72. The summed E-state index contributed by atoms with van der Waals surface area (Å²) in [4.78, 5) is 10.7. The molecule has 0 heterocycles. The van der Waals surface area contributed by atoms with Crippen LogP contribution in [0.15, 0.2) is 30.3 Å². The van der Waals surface area contributed by atoms with E-state index in [9.17, 15) is 4.79 Å². The summed E-state index contributed by atoms with van der Waals surface area (Å²) in [5.41, 5.74) is 0. The average molecular weight is 361 g/mol. The SMILES string of the molecule is O=C(O)C(Cl)(Cl)CCCCCCCCCCOc1ccccc1. The topological polar surface area (TPSA) is 46.5 Å². The fourth-order valence-corrected chi connectivity index (χ4v) is 2.59. The van der Waals surface area contributed by atoms with Crippen LogP contribution in [0.3, 0.4) is 0 Å². The average Bonchev–Trinajstić information content (AvgIpc) is 2.53. The second kappa shape index (κ2) is 11.6. The monoisotopic (exact) mass is 360 g/mol. The molecule has 0 saturated heterocycles. The van der Waals surface area contributed by atoms with E-state index in [-0.39, 0.29) is 0 Å². The standard InChI is InChI=1S/C18H26Cl2O3/c19-18(20,17(21)22)14-10-5-3-1-2-4-6-11-15-23-16-12-8-7-9-13-16/h7-9,12-13H,1-6,10-11,14-15H2,(H,21,22). The van der Waals surface area contributed by atoms with Crippen LogP contribution in [-0.4, -0.2) is 22.0 Å². The predicted octanol–water partition coefficient (Wildman–Crippen LogP) is 5.83. The van der Waals surface area contributed by atoms with E-state index in [1.165, 1.54) is 25.7 Å². The quantitative estimate of drug-likeness (QED) is 0.355. The highest BCUT2D eigenvalue weighted by molar-refractivity contribution is 6.57. The minimum absolute atomic E-state index is 0.308. The number of carbonyl (C=O) groups is 1. The lowest BCUT2D eigenvalue weighted by molar-refractivity contribution is -0.138. The van der Waals surface area contributed by atoms with Gasteiger partial charge in [-0.3, -0.25) is 0 Å². The Kier molecular flexibility index (Phi) is 10.1. The molecule has 0 spiro atoms. The highest BCUT2D eigenvalue weighted by atomic mass is 35.5. The molecule has 0 aromatic heterocycles. The number of hydrogen-bond acceptors (Lipinski definition) is 2. The van der Waals surface area contributed by atoms with Crippen molar-refractivity contribution in [3.63, 3.8) is 0 Å². The molecule has 0 fully saturated rings. The van der Waals surface area contributed by atoms with E-state index in [4.69, 9.17) is 33.0 Å². The third-order valence-electron chi connectivity index (χ3n) is 3.71. The van der Waals surface area contributed by atoms with Gasteiger partial charge in [0.15, 0.2) is 0 Å². The Hall–Kier alpha value is -0.930. The van der Waals surface area contributed by atoms with Gasteiger partial charge >= 0.3 is 5.97 Å². The van der Waals surface area contributed by atoms with Crippen molar-refractivity contribution in [3.05, 3.63) is 30.3 Å². The van der Waals surface area contributed by atoms with Gasteiger partial charge in [0.2, 0.25) is 4.33 Å². The van der Waals surface area contributed by atoms with Gasteiger partial charge < -0.3 is 9.84 Å². The van der Waals surface area contributed by atoms with E-state index in [0.29, 0.717) is 6.42 Å². The van der Waals surface area contributed by atoms with Crippen molar-refractivity contribution in [2.24, 2.45) is 0 Å². The number of halogens is 2. The van der Waals surface area contributed by atoms with Crippen LogP contribution < -0.4 is 4.74 Å². The van der Waals surface area contributed by atoms with E-state index in [2.05, 4.69) is 0 Å². The van der Waals surface area contributed by atoms with Crippen molar-refractivity contribution in [2.75, 3.05) is 6.61 Å². The molecule has 3 nitrogen and oxygen atoms in total. The van der Waals surface area contributed by atoms with E-state index >= 15 is 0 Å². The first-order valence-electron chi connectivity index (χ1n) is 8.31. The molecule has 1 rings (SSSR count). The minimum atomic E-state index is -1.63. The van der Waals surface area contributed by atoms with E-state index in [1.807, 2.05) is 30.3 Å². The normalized spacial score (nSPS) is 11.4. The molecule has 0 saturated carbocycles. The first-order valence-corrected chi connectivity index (χ1v) is 9.07. The molecule has 0 unspecified atom stereocenters. The highest BCUT2D eigenvalue weighted by Gasteiger charge is 2.32. The molecule has 23 heavy (non-hydrogen) atoms. The summed E-state index contributed by atoms with van der Waals surface area (Å²) in [6, 6.07) is 9.88. The van der Waals surface area contributed by atoms with Crippen molar-refractivity contribution in [1.82, 2.24) is 0 Å². The maximum absolute atomic E-state index is 10.7. The number of rotatable bonds is 13. The van der Waals surface area contributed by atoms with Crippen molar-refractivity contribution in [3.8, 4) is 5.75 Å². The van der Waals surface area contributed by atoms with Crippen molar-refractivity contribution in [1.29, 1.82) is 0 Å². The predicted molar refractivity (Wildman–Crippen MR) is 95.6 cm³/mol. The zero-order chi connectivity index (χ0) is 17.0. The Labute approximate surface area is 148 Å². The van der Waals surface area contributed by atoms with Crippen molar-refractivity contribution >= 4 is 29.2 Å². The fourth-order valence-electron chi connectivity index (χ4n) is 2.32. The minimum Gasteiger partial charge on any atom is -0.494 e. The summed E-state index contributed by atoms with van der Waals surface area (Å²) in [7, 11) is 0. The van der Waals surface area contributed by atoms with Crippen LogP contribution in [0.4, 0.5) is 0 Å². The third-order valence-corrected chi connectivity index (χ3v) is 4.41. The number of aliphatic carboxylic acids is 1. The van der Waals surface area contributed by atoms with Gasteiger partial charge in [0, 0.05) is 0 Å². The van der Waals surface area contributed by atoms with E-state index in [0.717, 1.165) is 38.0 Å². The molecule has 0 aliphatic rings. The maximum atomic E-state index is 10.7. The van der Waals surface area contributed by atoms with Crippen LogP contribution in [-0.2, 0) is 4.79 Å². The van der Waals surface area contributed by atoms with Gasteiger partial charge in [0.1, 0.15) is 5.75 Å². The Balaban J connectivity index is 1.86. The van der Waals surface area contributed by atoms with Crippen LogP contribution in [0, 0.1) is 0 Å². The lowest BCUT2D eigenvalue weighted by Crippen LogP contribution is -2.25. The molecular weight excluding hydrogens is 335 g/mol. The Morgan fingerprint density at radius 2 is 1.43 bits per heavy atom. The lowest BCUT2D eigenvalue weighted by atomic mass is 10.1. The molecule has 0 bridgehead atoms. The van der Waals surface area contributed by atoms with Gasteiger partial charge in [-0.2, -0.15) is 0 Å². The number of carboxylic acid groups (broad SMARTS) is 1. The van der Waals surface area contributed by atoms with Gasteiger partial charge in [0.05, 0.1) is 6.61 Å². The highest BCUT2D eigenvalue weighted by Crippen LogP contribution is 2.28. The second-order valence-corrected chi connectivity index (χ2v) is 7.23. The molecular formula is C18H26Cl2O3. The zero-order valence-corrected chi connectivity index (χ0v) is 15.0. The fraction of sp³-hybridized carbons (Fsp3) is 0.611. The van der Waals surface area contributed by atoms with Crippen LogP contribution in [0.5, 0.6) is 5.75 Å². The van der Waals surface area contributed by atoms with E-state index < -0.39 is 10.3 Å². The Bertz CT molecular complexity index is 435. The first-order chi connectivity index (χ1) is 11.0. The number of benzene rings is 1. The first kappa shape index (κ1) is 20.1. The molecule has 0 aliphatic carbocycles. The smallest absolute Gasteiger partial charge is 0.340 e.